The van der Waals surface area contributed by atoms with Crippen LogP contribution in [0.3, 0.4) is 0 Å². The lowest BCUT2D eigenvalue weighted by atomic mass is 10.2. The van der Waals surface area contributed by atoms with E-state index < -0.39 is 6.10 Å². The summed E-state index contributed by atoms with van der Waals surface area (Å²) in [5.74, 6) is 1.50. The van der Waals surface area contributed by atoms with Gasteiger partial charge in [-0.2, -0.15) is 0 Å². The summed E-state index contributed by atoms with van der Waals surface area (Å²) >= 11 is 9.00. The highest BCUT2D eigenvalue weighted by atomic mass is 35.5. The molecule has 0 aliphatic carbocycles. The highest BCUT2D eigenvalue weighted by Crippen LogP contribution is 2.32. The lowest BCUT2D eigenvalue weighted by Crippen LogP contribution is -2.55. The molecule has 3 heterocycles. The van der Waals surface area contributed by atoms with Gasteiger partial charge >= 0.3 is 0 Å². The summed E-state index contributed by atoms with van der Waals surface area (Å²) in [5.41, 5.74) is 0.848. The number of nitrogens with zero attached hydrogens (tertiary/aromatic N) is 3. The largest absolute Gasteiger partial charge is 0.485 e. The lowest BCUT2D eigenvalue weighted by molar-refractivity contribution is -0.145. The molecule has 1 atom stereocenters. The summed E-state index contributed by atoms with van der Waals surface area (Å²) in [6.07, 6.45) is -0.657. The number of thiazole rings is 1. The summed E-state index contributed by atoms with van der Waals surface area (Å²) < 4.78 is 13.4. The second kappa shape index (κ2) is 9.17. The second-order valence-electron chi connectivity index (χ2n) is 7.45. The molecule has 2 aromatic carbocycles. The van der Waals surface area contributed by atoms with Crippen molar-refractivity contribution in [1.29, 1.82) is 0 Å². The number of fused-ring (bicyclic) bond motifs is 2. The molecule has 10 heteroatoms. The highest BCUT2D eigenvalue weighted by Gasteiger charge is 2.33. The molecule has 1 fully saturated rings. The fourth-order valence-corrected chi connectivity index (χ4v) is 5.79. The van der Waals surface area contributed by atoms with E-state index in [1.807, 2.05) is 36.4 Å². The van der Waals surface area contributed by atoms with E-state index >= 15 is 0 Å². The maximum Gasteiger partial charge on any atom is 0.267 e. The van der Waals surface area contributed by atoms with Crippen LogP contribution in [-0.4, -0.2) is 71.2 Å². The van der Waals surface area contributed by atoms with Crippen molar-refractivity contribution in [1.82, 2.24) is 14.8 Å². The van der Waals surface area contributed by atoms with Gasteiger partial charge in [0.25, 0.3) is 5.91 Å². The number of ether oxygens (including phenoxy) is 2. The number of hydrogen-bond donors (Lipinski definition) is 0. The Hall–Kier alpha value is -2.49. The average Bonchev–Trinajstić information content (AvgIpc) is 3.24. The zero-order chi connectivity index (χ0) is 22.1. The molecule has 1 aromatic heterocycles. The minimum atomic E-state index is -0.657. The monoisotopic (exact) mass is 489 g/mol. The van der Waals surface area contributed by atoms with Gasteiger partial charge in [0.1, 0.15) is 6.61 Å². The van der Waals surface area contributed by atoms with Crippen LogP contribution in [0.25, 0.3) is 10.2 Å². The van der Waals surface area contributed by atoms with Crippen LogP contribution < -0.4 is 9.47 Å². The quantitative estimate of drug-likeness (QED) is 0.522. The third-order valence-electron chi connectivity index (χ3n) is 5.38. The predicted octanol–water partition coefficient (Wildman–Crippen LogP) is 3.55. The fourth-order valence-electron chi connectivity index (χ4n) is 3.68. The molecule has 7 nitrogen and oxygen atoms in total. The Labute approximate surface area is 198 Å². The number of thioether (sulfide) groups is 1. The molecule has 0 saturated carbocycles. The van der Waals surface area contributed by atoms with Crippen LogP contribution in [0.15, 0.2) is 46.8 Å². The second-order valence-corrected chi connectivity index (χ2v) is 10.1. The molecule has 0 spiro atoms. The van der Waals surface area contributed by atoms with Crippen LogP contribution in [0.5, 0.6) is 11.5 Å². The minimum Gasteiger partial charge on any atom is -0.485 e. The number of carbonyl (C=O) groups is 2. The maximum atomic E-state index is 12.9. The molecule has 0 N–H and O–H groups in total. The summed E-state index contributed by atoms with van der Waals surface area (Å²) in [4.78, 5) is 33.6. The SMILES string of the molecule is O=C(CSc1nc2cc(Cl)ccc2s1)N1CCN(C(=O)[C@@H]2COc3ccccc3O2)CC1. The molecule has 0 bridgehead atoms. The fraction of sp³-hybridized carbons (Fsp3) is 0.318. The number of benzene rings is 2. The summed E-state index contributed by atoms with van der Waals surface area (Å²) in [6, 6.07) is 12.9. The summed E-state index contributed by atoms with van der Waals surface area (Å²) in [7, 11) is 0. The third kappa shape index (κ3) is 4.51. The van der Waals surface area contributed by atoms with Gasteiger partial charge in [0.05, 0.1) is 16.0 Å². The zero-order valence-electron chi connectivity index (χ0n) is 17.0. The van der Waals surface area contributed by atoms with Crippen molar-refractivity contribution in [2.75, 3.05) is 38.5 Å². The first-order valence-electron chi connectivity index (χ1n) is 10.2. The molecule has 2 aliphatic heterocycles. The topological polar surface area (TPSA) is 72.0 Å². The van der Waals surface area contributed by atoms with E-state index in [0.717, 1.165) is 14.6 Å². The zero-order valence-corrected chi connectivity index (χ0v) is 19.4. The van der Waals surface area contributed by atoms with Crippen molar-refractivity contribution in [3.05, 3.63) is 47.5 Å². The van der Waals surface area contributed by atoms with Gasteiger partial charge < -0.3 is 19.3 Å². The van der Waals surface area contributed by atoms with E-state index in [0.29, 0.717) is 48.5 Å². The van der Waals surface area contributed by atoms with Crippen molar-refractivity contribution in [3.8, 4) is 11.5 Å². The lowest BCUT2D eigenvalue weighted by Gasteiger charge is -2.37. The normalized spacial score (nSPS) is 18.1. The van der Waals surface area contributed by atoms with Crippen molar-refractivity contribution in [3.63, 3.8) is 0 Å². The first-order valence-corrected chi connectivity index (χ1v) is 12.4. The van der Waals surface area contributed by atoms with E-state index in [1.165, 1.54) is 11.8 Å². The van der Waals surface area contributed by atoms with Gasteiger partial charge in [-0.25, -0.2) is 4.98 Å². The predicted molar refractivity (Wildman–Crippen MR) is 125 cm³/mol. The molecule has 1 saturated heterocycles. The molecular formula is C22H20ClN3O4S2. The van der Waals surface area contributed by atoms with Gasteiger partial charge in [0.15, 0.2) is 15.8 Å². The van der Waals surface area contributed by atoms with Crippen LogP contribution >= 0.6 is 34.7 Å². The number of amides is 2. The molecule has 32 heavy (non-hydrogen) atoms. The number of aromatic nitrogens is 1. The molecule has 166 valence electrons. The number of piperazine rings is 1. The smallest absolute Gasteiger partial charge is 0.267 e. The Morgan fingerprint density at radius 2 is 1.84 bits per heavy atom. The van der Waals surface area contributed by atoms with E-state index in [-0.39, 0.29) is 18.4 Å². The van der Waals surface area contributed by atoms with Gasteiger partial charge in [-0.15, -0.1) is 11.3 Å². The Balaban J connectivity index is 1.11. The first-order chi connectivity index (χ1) is 15.6. The van der Waals surface area contributed by atoms with E-state index in [2.05, 4.69) is 4.98 Å². The molecule has 0 unspecified atom stereocenters. The average molecular weight is 490 g/mol. The summed E-state index contributed by atoms with van der Waals surface area (Å²) in [5, 5.41) is 0.650. The van der Waals surface area contributed by atoms with Gasteiger partial charge in [-0.3, -0.25) is 9.59 Å². The van der Waals surface area contributed by atoms with Crippen LogP contribution in [0.4, 0.5) is 0 Å². The number of para-hydroxylation sites is 2. The molecule has 2 amide bonds. The van der Waals surface area contributed by atoms with E-state index in [1.54, 1.807) is 27.2 Å². The number of rotatable bonds is 4. The molecule has 3 aromatic rings. The molecular weight excluding hydrogens is 470 g/mol. The Morgan fingerprint density at radius 3 is 2.66 bits per heavy atom. The van der Waals surface area contributed by atoms with Crippen LogP contribution in [-0.2, 0) is 9.59 Å². The molecule has 0 radical (unpaired) electrons. The molecule has 2 aliphatic rings. The van der Waals surface area contributed by atoms with Crippen molar-refractivity contribution in [2.45, 2.75) is 10.4 Å². The van der Waals surface area contributed by atoms with Crippen molar-refractivity contribution >= 4 is 56.7 Å². The Morgan fingerprint density at radius 1 is 1.09 bits per heavy atom. The maximum absolute atomic E-state index is 12.9. The van der Waals surface area contributed by atoms with E-state index in [9.17, 15) is 9.59 Å². The minimum absolute atomic E-state index is 0.0468. The van der Waals surface area contributed by atoms with Crippen LogP contribution in [0, 0.1) is 0 Å². The molecule has 5 rings (SSSR count). The summed E-state index contributed by atoms with van der Waals surface area (Å²) in [6.45, 7) is 2.17. The van der Waals surface area contributed by atoms with Crippen LogP contribution in [0.1, 0.15) is 0 Å². The number of halogens is 1. The van der Waals surface area contributed by atoms with Gasteiger partial charge in [-0.1, -0.05) is 35.5 Å². The van der Waals surface area contributed by atoms with E-state index in [4.69, 9.17) is 21.1 Å². The Kier molecular flexibility index (Phi) is 6.12. The third-order valence-corrected chi connectivity index (χ3v) is 7.78. The number of hydrogen-bond acceptors (Lipinski definition) is 7. The number of carbonyl (C=O) groups excluding carboxylic acids is 2. The van der Waals surface area contributed by atoms with Crippen molar-refractivity contribution in [2.24, 2.45) is 0 Å². The highest BCUT2D eigenvalue weighted by molar-refractivity contribution is 8.01. The van der Waals surface area contributed by atoms with Crippen LogP contribution in [0.2, 0.25) is 5.02 Å². The standard InChI is InChI=1S/C22H20ClN3O4S2/c23-14-5-6-19-15(11-14)24-22(32-19)31-13-20(27)25-7-9-26(10-8-25)21(28)18-12-29-16-3-1-2-4-17(16)30-18/h1-6,11,18H,7-10,12-13H2/t18-/m0/s1. The first kappa shape index (κ1) is 21.4. The van der Waals surface area contributed by atoms with Crippen molar-refractivity contribution < 1.29 is 19.1 Å². The van der Waals surface area contributed by atoms with Gasteiger partial charge in [0.2, 0.25) is 12.0 Å². The Bertz CT molecular complexity index is 1160. The van der Waals surface area contributed by atoms with Gasteiger partial charge in [-0.05, 0) is 30.3 Å². The van der Waals surface area contributed by atoms with Gasteiger partial charge in [0, 0.05) is 31.2 Å².